The Labute approximate surface area is 166 Å². The van der Waals surface area contributed by atoms with Gasteiger partial charge in [0.15, 0.2) is 0 Å². The van der Waals surface area contributed by atoms with Crippen molar-refractivity contribution in [3.05, 3.63) is 59.2 Å². The molecule has 28 heavy (non-hydrogen) atoms. The topological polar surface area (TPSA) is 63.5 Å². The lowest BCUT2D eigenvalue weighted by molar-refractivity contribution is 0.0713. The molecule has 0 saturated carbocycles. The first-order chi connectivity index (χ1) is 13.6. The summed E-state index contributed by atoms with van der Waals surface area (Å²) in [5, 5.41) is 6.73. The summed E-state index contributed by atoms with van der Waals surface area (Å²) in [6.45, 7) is 3.70. The van der Waals surface area contributed by atoms with Gasteiger partial charge in [-0.2, -0.15) is 5.32 Å². The number of urea groups is 1. The fourth-order valence-corrected chi connectivity index (χ4v) is 4.05. The zero-order valence-electron chi connectivity index (χ0n) is 16.3. The van der Waals surface area contributed by atoms with Gasteiger partial charge in [0, 0.05) is 18.7 Å². The number of hydrogen-bond donors (Lipinski definition) is 1. The molecule has 4 rings (SSSR count). The Kier molecular flexibility index (Phi) is 5.33. The quantitative estimate of drug-likeness (QED) is 0.812. The first kappa shape index (κ1) is 18.5. The summed E-state index contributed by atoms with van der Waals surface area (Å²) in [4.78, 5) is 26.2. The molecule has 0 unspecified atom stereocenters. The number of anilines is 1. The van der Waals surface area contributed by atoms with E-state index < -0.39 is 0 Å². The lowest BCUT2D eigenvalue weighted by atomic mass is 9.88. The third kappa shape index (κ3) is 3.88. The minimum absolute atomic E-state index is 0.124. The summed E-state index contributed by atoms with van der Waals surface area (Å²) >= 11 is 0. The van der Waals surface area contributed by atoms with Crippen LogP contribution in [0.15, 0.2) is 42.5 Å². The van der Waals surface area contributed by atoms with E-state index in [9.17, 15) is 9.59 Å². The van der Waals surface area contributed by atoms with Crippen molar-refractivity contribution < 1.29 is 9.59 Å². The number of benzene rings is 2. The Balaban J connectivity index is 1.35. The van der Waals surface area contributed by atoms with E-state index in [1.165, 1.54) is 24.0 Å². The number of carbonyl (C=O) groups excluding carboxylic acids is 2. The van der Waals surface area contributed by atoms with Gasteiger partial charge in [-0.05, 0) is 67.0 Å². The van der Waals surface area contributed by atoms with E-state index in [1.54, 1.807) is 0 Å². The Morgan fingerprint density at radius 3 is 2.61 bits per heavy atom. The van der Waals surface area contributed by atoms with Gasteiger partial charge in [-0.15, -0.1) is 0 Å². The number of fused-ring (bicyclic) bond motifs is 1. The molecule has 1 N–H and O–H groups in total. The van der Waals surface area contributed by atoms with Crippen molar-refractivity contribution in [2.24, 2.45) is 0 Å². The van der Waals surface area contributed by atoms with Crippen LogP contribution in [0.4, 0.5) is 16.2 Å². The van der Waals surface area contributed by atoms with Crippen molar-refractivity contribution in [2.45, 2.75) is 44.9 Å². The first-order valence-corrected chi connectivity index (χ1v) is 10.2. The van der Waals surface area contributed by atoms with Crippen LogP contribution >= 0.6 is 0 Å². The highest BCUT2D eigenvalue weighted by atomic mass is 16.2. The Morgan fingerprint density at radius 2 is 1.89 bits per heavy atom. The number of rotatable bonds is 5. The lowest BCUT2D eigenvalue weighted by Crippen LogP contribution is -2.37. The number of unbranched alkanes of at least 4 members (excludes halogenated alkanes) is 1. The van der Waals surface area contributed by atoms with E-state index in [0.717, 1.165) is 49.3 Å². The van der Waals surface area contributed by atoms with Crippen molar-refractivity contribution >= 4 is 23.3 Å². The van der Waals surface area contributed by atoms with Crippen molar-refractivity contribution in [3.8, 4) is 0 Å². The van der Waals surface area contributed by atoms with Crippen molar-refractivity contribution in [1.29, 1.82) is 0 Å². The van der Waals surface area contributed by atoms with Crippen LogP contribution in [0.1, 0.15) is 60.0 Å². The van der Waals surface area contributed by atoms with Gasteiger partial charge in [-0.3, -0.25) is 4.79 Å². The summed E-state index contributed by atoms with van der Waals surface area (Å²) in [7, 11) is 0. The second kappa shape index (κ2) is 8.05. The number of hydrogen-bond acceptors (Lipinski definition) is 2. The molecule has 2 aliphatic heterocycles. The van der Waals surface area contributed by atoms with Gasteiger partial charge in [-0.25, -0.2) is 4.79 Å². The first-order valence-electron chi connectivity index (χ1n) is 10.2. The molecule has 145 valence electrons. The Bertz CT molecular complexity index is 868. The van der Waals surface area contributed by atoms with Crippen LogP contribution in [0.5, 0.6) is 0 Å². The van der Waals surface area contributed by atoms with E-state index in [2.05, 4.69) is 35.8 Å². The predicted molar refractivity (Wildman–Crippen MR) is 110 cm³/mol. The van der Waals surface area contributed by atoms with Crippen LogP contribution in [0.3, 0.4) is 0 Å². The van der Waals surface area contributed by atoms with Gasteiger partial charge >= 0.3 is 6.03 Å². The maximum absolute atomic E-state index is 12.8. The molecular weight excluding hydrogens is 350 g/mol. The van der Waals surface area contributed by atoms with E-state index in [-0.39, 0.29) is 11.9 Å². The average molecular weight is 376 g/mol. The smallest absolute Gasteiger partial charge is 0.339 e. The number of carbonyl (C=O) groups is 2. The predicted octanol–water partition coefficient (Wildman–Crippen LogP) is 4.83. The molecule has 2 heterocycles. The van der Waals surface area contributed by atoms with Crippen LogP contribution in [0.2, 0.25) is 0 Å². The van der Waals surface area contributed by atoms with E-state index in [4.69, 9.17) is 0 Å². The fourth-order valence-electron chi connectivity index (χ4n) is 4.05. The molecule has 2 aromatic rings. The molecule has 0 aliphatic carbocycles. The van der Waals surface area contributed by atoms with Crippen molar-refractivity contribution in [3.63, 3.8) is 0 Å². The zero-order valence-corrected chi connectivity index (χ0v) is 16.3. The molecule has 2 aromatic carbocycles. The molecule has 5 heteroatoms. The lowest BCUT2D eigenvalue weighted by Gasteiger charge is -2.32. The molecule has 0 atom stereocenters. The van der Waals surface area contributed by atoms with Gasteiger partial charge in [0.05, 0.1) is 11.4 Å². The van der Waals surface area contributed by atoms with Gasteiger partial charge in [0.25, 0.3) is 5.91 Å². The molecule has 1 fully saturated rings. The Morgan fingerprint density at radius 1 is 1.14 bits per heavy atom. The largest absolute Gasteiger partial charge is 0.346 e. The fraction of sp³-hybridized carbons (Fsp3) is 0.391. The molecule has 1 radical (unpaired) electrons. The second-order valence-corrected chi connectivity index (χ2v) is 7.69. The molecule has 2 aliphatic rings. The van der Waals surface area contributed by atoms with E-state index >= 15 is 0 Å². The van der Waals surface area contributed by atoms with Gasteiger partial charge < -0.3 is 10.2 Å². The minimum atomic E-state index is -0.298. The molecule has 5 nitrogen and oxygen atoms in total. The summed E-state index contributed by atoms with van der Waals surface area (Å²) in [5.74, 6) is 0.524. The number of nitrogens with one attached hydrogen (secondary N) is 1. The van der Waals surface area contributed by atoms with Crippen LogP contribution < -0.4 is 10.6 Å². The summed E-state index contributed by atoms with van der Waals surface area (Å²) in [6.07, 6.45) is 5.30. The van der Waals surface area contributed by atoms with E-state index in [1.807, 2.05) is 29.2 Å². The normalized spacial score (nSPS) is 16.5. The maximum atomic E-state index is 12.8. The highest BCUT2D eigenvalue weighted by molar-refractivity contribution is 6.02. The number of piperidine rings is 1. The Hall–Kier alpha value is -2.82. The van der Waals surface area contributed by atoms with Crippen LogP contribution in [-0.2, 0) is 6.42 Å². The molecule has 0 bridgehead atoms. The monoisotopic (exact) mass is 376 g/mol. The number of aryl methyl sites for hydroxylation is 1. The third-order valence-electron chi connectivity index (χ3n) is 5.76. The summed E-state index contributed by atoms with van der Waals surface area (Å²) < 4.78 is 0. The third-order valence-corrected chi connectivity index (χ3v) is 5.76. The number of amides is 3. The van der Waals surface area contributed by atoms with E-state index in [0.29, 0.717) is 5.92 Å². The molecular formula is C23H26N3O2. The van der Waals surface area contributed by atoms with Crippen molar-refractivity contribution in [1.82, 2.24) is 10.2 Å². The number of likely N-dealkylation sites (tertiary alicyclic amines) is 1. The second-order valence-electron chi connectivity index (χ2n) is 7.69. The standard InChI is InChI=1S/C23H26N3O2/c1-2-3-4-16-5-7-18(8-6-16)22(27)26-13-11-17(12-14-26)19-9-10-20-21(15-19)25-23(28)24-20/h5-10,15,17H,2-4,11-14H2,1H3,(H,24,28). The molecule has 3 amide bonds. The highest BCUT2D eigenvalue weighted by Crippen LogP contribution is 2.35. The molecule has 1 saturated heterocycles. The summed E-state index contributed by atoms with van der Waals surface area (Å²) in [5.41, 5.74) is 4.78. The molecule has 0 aromatic heterocycles. The summed E-state index contributed by atoms with van der Waals surface area (Å²) in [6, 6.07) is 13.8. The van der Waals surface area contributed by atoms with Crippen molar-refractivity contribution in [2.75, 3.05) is 18.4 Å². The minimum Gasteiger partial charge on any atom is -0.339 e. The van der Waals surface area contributed by atoms with Crippen LogP contribution in [0, 0.1) is 0 Å². The highest BCUT2D eigenvalue weighted by Gasteiger charge is 2.26. The SMILES string of the molecule is CCCCc1ccc(C(=O)N2CCC(c3ccc4c(c3)[N]C(=O)N4)CC2)cc1. The molecule has 0 spiro atoms. The van der Waals surface area contributed by atoms with Crippen LogP contribution in [-0.4, -0.2) is 29.9 Å². The van der Waals surface area contributed by atoms with Crippen LogP contribution in [0.25, 0.3) is 0 Å². The zero-order chi connectivity index (χ0) is 19.5. The van der Waals surface area contributed by atoms with Gasteiger partial charge in [0.2, 0.25) is 0 Å². The maximum Gasteiger partial charge on any atom is 0.346 e. The number of nitrogens with zero attached hydrogens (tertiary/aromatic N) is 2. The average Bonchev–Trinajstić information content (AvgIpc) is 3.11. The van der Waals surface area contributed by atoms with Gasteiger partial charge in [0.1, 0.15) is 0 Å². The van der Waals surface area contributed by atoms with Gasteiger partial charge in [-0.1, -0.05) is 31.5 Å².